The summed E-state index contributed by atoms with van der Waals surface area (Å²) in [6.45, 7) is 12.2. The van der Waals surface area contributed by atoms with Crippen molar-refractivity contribution in [2.75, 3.05) is 0 Å². The van der Waals surface area contributed by atoms with Crippen LogP contribution in [-0.2, 0) is 0 Å². The molecule has 0 radical (unpaired) electrons. The van der Waals surface area contributed by atoms with Crippen LogP contribution in [0.25, 0.3) is 0 Å². The summed E-state index contributed by atoms with van der Waals surface area (Å²) in [5.41, 5.74) is 0. The van der Waals surface area contributed by atoms with Crippen LogP contribution in [0, 0.1) is 41.4 Å². The van der Waals surface area contributed by atoms with Crippen molar-refractivity contribution < 1.29 is 0 Å². The van der Waals surface area contributed by atoms with Gasteiger partial charge in [0.2, 0.25) is 0 Å². The highest BCUT2D eigenvalue weighted by molar-refractivity contribution is 5.00. The lowest BCUT2D eigenvalue weighted by Crippen LogP contribution is -2.33. The van der Waals surface area contributed by atoms with Gasteiger partial charge in [0.1, 0.15) is 0 Å². The minimum atomic E-state index is 0.903. The molecule has 0 saturated heterocycles. The van der Waals surface area contributed by atoms with Gasteiger partial charge < -0.3 is 0 Å². The molecule has 14 heavy (non-hydrogen) atoms. The third-order valence-corrected chi connectivity index (χ3v) is 5.00. The number of rotatable bonds is 2. The molecule has 0 nitrogen and oxygen atoms in total. The van der Waals surface area contributed by atoms with Crippen molar-refractivity contribution in [2.45, 2.75) is 47.5 Å². The van der Waals surface area contributed by atoms with E-state index in [1.54, 1.807) is 6.42 Å². The second kappa shape index (κ2) is 3.54. The van der Waals surface area contributed by atoms with Gasteiger partial charge in [-0.1, -0.05) is 34.6 Å². The molecule has 0 aliphatic heterocycles. The van der Waals surface area contributed by atoms with E-state index in [0.29, 0.717) is 0 Å². The number of hydrogen-bond donors (Lipinski definition) is 0. The Morgan fingerprint density at radius 2 is 1.43 bits per heavy atom. The first-order chi connectivity index (χ1) is 6.52. The molecule has 5 unspecified atom stereocenters. The molecule has 0 heteroatoms. The van der Waals surface area contributed by atoms with Crippen molar-refractivity contribution in [1.82, 2.24) is 0 Å². The molecule has 0 aromatic carbocycles. The standard InChI is InChI=1S/C14H26/c1-8(2)13-11-6-10(5)12(7-11)14(13)9(3)4/h8-14H,6-7H2,1-5H3. The molecule has 2 saturated carbocycles. The Bertz CT molecular complexity index is 204. The zero-order valence-electron chi connectivity index (χ0n) is 10.5. The molecule has 2 fully saturated rings. The second-order valence-electron chi connectivity index (χ2n) is 6.52. The van der Waals surface area contributed by atoms with E-state index in [1.165, 1.54) is 6.42 Å². The summed E-state index contributed by atoms with van der Waals surface area (Å²) >= 11 is 0. The lowest BCUT2D eigenvalue weighted by molar-refractivity contribution is 0.0923. The van der Waals surface area contributed by atoms with Gasteiger partial charge >= 0.3 is 0 Å². The molecular formula is C14H26. The quantitative estimate of drug-likeness (QED) is 0.618. The summed E-state index contributed by atoms with van der Waals surface area (Å²) in [6.07, 6.45) is 3.07. The van der Waals surface area contributed by atoms with Gasteiger partial charge in [-0.15, -0.1) is 0 Å². The van der Waals surface area contributed by atoms with E-state index < -0.39 is 0 Å². The maximum atomic E-state index is 2.48. The van der Waals surface area contributed by atoms with Crippen molar-refractivity contribution in [3.63, 3.8) is 0 Å². The third kappa shape index (κ3) is 1.42. The minimum absolute atomic E-state index is 0.903. The molecule has 82 valence electrons. The molecule has 0 amide bonds. The third-order valence-electron chi connectivity index (χ3n) is 5.00. The fraction of sp³-hybridized carbons (Fsp3) is 1.00. The van der Waals surface area contributed by atoms with Gasteiger partial charge in [-0.25, -0.2) is 0 Å². The molecule has 0 N–H and O–H groups in total. The maximum absolute atomic E-state index is 2.48. The molecular weight excluding hydrogens is 168 g/mol. The Balaban J connectivity index is 2.19. The van der Waals surface area contributed by atoms with Crippen molar-refractivity contribution in [1.29, 1.82) is 0 Å². The second-order valence-corrected chi connectivity index (χ2v) is 6.52. The molecule has 2 rings (SSSR count). The van der Waals surface area contributed by atoms with Crippen molar-refractivity contribution >= 4 is 0 Å². The summed E-state index contributed by atoms with van der Waals surface area (Å²) in [6, 6.07) is 0. The van der Waals surface area contributed by atoms with E-state index in [-0.39, 0.29) is 0 Å². The SMILES string of the molecule is CC(C)C1C2CC(C)C(C2)C1C(C)C. The minimum Gasteiger partial charge on any atom is -0.0625 e. The van der Waals surface area contributed by atoms with Crippen LogP contribution in [0.2, 0.25) is 0 Å². The van der Waals surface area contributed by atoms with Crippen LogP contribution in [0.15, 0.2) is 0 Å². The topological polar surface area (TPSA) is 0 Å². The van der Waals surface area contributed by atoms with E-state index in [4.69, 9.17) is 0 Å². The lowest BCUT2D eigenvalue weighted by atomic mass is 9.66. The lowest BCUT2D eigenvalue weighted by Gasteiger charge is -2.39. The molecule has 0 heterocycles. The summed E-state index contributed by atoms with van der Waals surface area (Å²) < 4.78 is 0. The highest BCUT2D eigenvalue weighted by atomic mass is 14.6. The zero-order valence-corrected chi connectivity index (χ0v) is 10.5. The highest BCUT2D eigenvalue weighted by Crippen LogP contribution is 2.59. The summed E-state index contributed by atoms with van der Waals surface area (Å²) in [5.74, 6) is 7.03. The van der Waals surface area contributed by atoms with Crippen molar-refractivity contribution in [3.8, 4) is 0 Å². The van der Waals surface area contributed by atoms with Crippen LogP contribution >= 0.6 is 0 Å². The smallest absolute Gasteiger partial charge is 0.0327 e. The Morgan fingerprint density at radius 3 is 1.93 bits per heavy atom. The Kier molecular flexibility index (Phi) is 2.66. The fourth-order valence-corrected chi connectivity index (χ4v) is 4.71. The van der Waals surface area contributed by atoms with Crippen LogP contribution in [0.5, 0.6) is 0 Å². The first-order valence-electron chi connectivity index (χ1n) is 6.52. The first kappa shape index (κ1) is 10.5. The van der Waals surface area contributed by atoms with E-state index in [0.717, 1.165) is 41.4 Å². The van der Waals surface area contributed by atoms with Gasteiger partial charge in [0.05, 0.1) is 0 Å². The Morgan fingerprint density at radius 1 is 0.857 bits per heavy atom. The monoisotopic (exact) mass is 194 g/mol. The van der Waals surface area contributed by atoms with Gasteiger partial charge in [0.25, 0.3) is 0 Å². The van der Waals surface area contributed by atoms with Gasteiger partial charge in [-0.2, -0.15) is 0 Å². The fourth-order valence-electron chi connectivity index (χ4n) is 4.71. The van der Waals surface area contributed by atoms with Crippen LogP contribution in [0.4, 0.5) is 0 Å². The van der Waals surface area contributed by atoms with E-state index in [1.807, 2.05) is 0 Å². The van der Waals surface area contributed by atoms with Gasteiger partial charge in [-0.05, 0) is 54.3 Å². The Labute approximate surface area is 89.5 Å². The normalized spacial score (nSPS) is 46.9. The molecule has 0 aromatic rings. The van der Waals surface area contributed by atoms with E-state index >= 15 is 0 Å². The average Bonchev–Trinajstić information content (AvgIpc) is 2.58. The number of hydrogen-bond acceptors (Lipinski definition) is 0. The van der Waals surface area contributed by atoms with Gasteiger partial charge in [0.15, 0.2) is 0 Å². The highest BCUT2D eigenvalue weighted by Gasteiger charge is 2.52. The van der Waals surface area contributed by atoms with Gasteiger partial charge in [-0.3, -0.25) is 0 Å². The van der Waals surface area contributed by atoms with Crippen LogP contribution < -0.4 is 0 Å². The molecule has 2 bridgehead atoms. The van der Waals surface area contributed by atoms with Crippen LogP contribution in [0.3, 0.4) is 0 Å². The van der Waals surface area contributed by atoms with Crippen molar-refractivity contribution in [3.05, 3.63) is 0 Å². The zero-order chi connectivity index (χ0) is 10.5. The molecule has 0 spiro atoms. The van der Waals surface area contributed by atoms with E-state index in [9.17, 15) is 0 Å². The summed E-state index contributed by atoms with van der Waals surface area (Å²) in [4.78, 5) is 0. The van der Waals surface area contributed by atoms with Crippen LogP contribution in [-0.4, -0.2) is 0 Å². The summed E-state index contributed by atoms with van der Waals surface area (Å²) in [5, 5.41) is 0. The summed E-state index contributed by atoms with van der Waals surface area (Å²) in [7, 11) is 0. The van der Waals surface area contributed by atoms with Crippen molar-refractivity contribution in [2.24, 2.45) is 41.4 Å². The first-order valence-corrected chi connectivity index (χ1v) is 6.52. The Hall–Kier alpha value is 0. The molecule has 2 aliphatic rings. The molecule has 5 atom stereocenters. The largest absolute Gasteiger partial charge is 0.0625 e. The van der Waals surface area contributed by atoms with Crippen LogP contribution in [0.1, 0.15) is 47.5 Å². The number of fused-ring (bicyclic) bond motifs is 2. The average molecular weight is 194 g/mol. The van der Waals surface area contributed by atoms with Gasteiger partial charge in [0, 0.05) is 0 Å². The maximum Gasteiger partial charge on any atom is -0.0327 e. The predicted octanol–water partition coefficient (Wildman–Crippen LogP) is 4.21. The predicted molar refractivity (Wildman–Crippen MR) is 62.0 cm³/mol. The van der Waals surface area contributed by atoms with E-state index in [2.05, 4.69) is 34.6 Å². The molecule has 2 aliphatic carbocycles. The molecule has 0 aromatic heterocycles.